The number of epoxide rings is 1. The molecule has 2 aliphatic carbocycles. The maximum atomic E-state index is 12.9. The van der Waals surface area contributed by atoms with E-state index in [1.165, 1.54) is 17.8 Å². The molecule has 0 aromatic heterocycles. The van der Waals surface area contributed by atoms with Crippen LogP contribution in [0.3, 0.4) is 0 Å². The van der Waals surface area contributed by atoms with Gasteiger partial charge < -0.3 is 18.9 Å². The molecular formula is C24H32O7S. The first-order valence-electron chi connectivity index (χ1n) is 11.2. The largest absolute Gasteiger partial charge is 0.459 e. The monoisotopic (exact) mass is 464 g/mol. The van der Waals surface area contributed by atoms with Crippen LogP contribution in [0.1, 0.15) is 53.9 Å². The van der Waals surface area contributed by atoms with E-state index in [4.69, 9.17) is 18.9 Å². The summed E-state index contributed by atoms with van der Waals surface area (Å²) in [6.45, 7) is 9.39. The Morgan fingerprint density at radius 3 is 2.59 bits per heavy atom. The standard InChI is InChI=1S/C24H32O7S/c1-7-13(2)19(26)29-21-22(5)14(3)17(28-18(25)10-11-32-6)9-8-16(22)12-23-24(21,31-23)15(4)20(27)30-23/h7,10-11,14-17,21H,8-9,12H2,1-6H3/b11-10-,13-7+. The van der Waals surface area contributed by atoms with Crippen molar-refractivity contribution in [3.05, 3.63) is 23.1 Å². The molecular weight excluding hydrogens is 432 g/mol. The zero-order valence-electron chi connectivity index (χ0n) is 19.5. The Morgan fingerprint density at radius 2 is 1.94 bits per heavy atom. The summed E-state index contributed by atoms with van der Waals surface area (Å²) in [4.78, 5) is 37.8. The van der Waals surface area contributed by atoms with E-state index in [0.717, 1.165) is 6.42 Å². The topological polar surface area (TPSA) is 91.4 Å². The van der Waals surface area contributed by atoms with Gasteiger partial charge in [0.15, 0.2) is 5.60 Å². The van der Waals surface area contributed by atoms with Crippen LogP contribution in [0.5, 0.6) is 0 Å². The summed E-state index contributed by atoms with van der Waals surface area (Å²) in [7, 11) is 0. The molecule has 0 spiro atoms. The maximum absolute atomic E-state index is 12.9. The number of thioether (sulfide) groups is 1. The number of esters is 3. The van der Waals surface area contributed by atoms with Crippen LogP contribution in [0.4, 0.5) is 0 Å². The van der Waals surface area contributed by atoms with Gasteiger partial charge in [-0.2, -0.15) is 0 Å². The Labute approximate surface area is 193 Å². The maximum Gasteiger partial charge on any atom is 0.333 e. The van der Waals surface area contributed by atoms with E-state index < -0.39 is 34.8 Å². The molecule has 32 heavy (non-hydrogen) atoms. The summed E-state index contributed by atoms with van der Waals surface area (Å²) in [5, 5.41) is 1.69. The minimum absolute atomic E-state index is 0.0895. The zero-order chi connectivity index (χ0) is 23.5. The third-order valence-corrected chi connectivity index (χ3v) is 8.83. The molecule has 176 valence electrons. The molecule has 2 heterocycles. The first kappa shape index (κ1) is 23.4. The molecule has 4 rings (SSSR count). The van der Waals surface area contributed by atoms with Crippen LogP contribution in [0.25, 0.3) is 0 Å². The van der Waals surface area contributed by atoms with Crippen LogP contribution in [-0.2, 0) is 33.3 Å². The highest BCUT2D eigenvalue weighted by atomic mass is 32.2. The summed E-state index contributed by atoms with van der Waals surface area (Å²) in [6.07, 6.45) is 6.00. The lowest BCUT2D eigenvalue weighted by Crippen LogP contribution is -2.64. The van der Waals surface area contributed by atoms with Crippen LogP contribution in [-0.4, -0.2) is 47.8 Å². The molecule has 0 N–H and O–H groups in total. The van der Waals surface area contributed by atoms with Gasteiger partial charge in [-0.25, -0.2) is 9.59 Å². The van der Waals surface area contributed by atoms with Crippen molar-refractivity contribution in [2.45, 2.75) is 77.5 Å². The predicted octanol–water partition coefficient (Wildman–Crippen LogP) is 3.77. The fourth-order valence-electron chi connectivity index (χ4n) is 6.18. The molecule has 0 amide bonds. The van der Waals surface area contributed by atoms with Crippen LogP contribution < -0.4 is 0 Å². The number of hydrogen-bond donors (Lipinski definition) is 0. The van der Waals surface area contributed by atoms with Crippen molar-refractivity contribution in [3.8, 4) is 0 Å². The van der Waals surface area contributed by atoms with Gasteiger partial charge in [-0.3, -0.25) is 4.79 Å². The third-order valence-electron chi connectivity index (χ3n) is 8.42. The number of fused-ring (bicyclic) bond motifs is 1. The summed E-state index contributed by atoms with van der Waals surface area (Å²) in [5.74, 6) is -2.73. The molecule has 2 saturated heterocycles. The van der Waals surface area contributed by atoms with Crippen molar-refractivity contribution < 1.29 is 33.3 Å². The van der Waals surface area contributed by atoms with Gasteiger partial charge in [-0.15, -0.1) is 11.8 Å². The fourth-order valence-corrected chi connectivity index (χ4v) is 6.43. The Balaban J connectivity index is 1.71. The molecule has 2 aliphatic heterocycles. The molecule has 8 unspecified atom stereocenters. The van der Waals surface area contributed by atoms with Gasteiger partial charge in [-0.05, 0) is 51.2 Å². The molecule has 8 heteroatoms. The van der Waals surface area contributed by atoms with Gasteiger partial charge >= 0.3 is 17.9 Å². The molecule has 0 bridgehead atoms. The lowest BCUT2D eigenvalue weighted by molar-refractivity contribution is -0.199. The minimum atomic E-state index is -1.02. The predicted molar refractivity (Wildman–Crippen MR) is 118 cm³/mol. The average molecular weight is 465 g/mol. The van der Waals surface area contributed by atoms with Crippen molar-refractivity contribution in [2.75, 3.05) is 6.26 Å². The second-order valence-electron chi connectivity index (χ2n) is 9.69. The first-order valence-corrected chi connectivity index (χ1v) is 12.5. The number of carbonyl (C=O) groups is 3. The summed E-state index contributed by atoms with van der Waals surface area (Å²) >= 11 is 1.43. The molecule has 0 aromatic rings. The van der Waals surface area contributed by atoms with Crippen LogP contribution in [0.2, 0.25) is 0 Å². The number of ether oxygens (including phenoxy) is 4. The Bertz CT molecular complexity index is 897. The molecule has 0 radical (unpaired) electrons. The van der Waals surface area contributed by atoms with Crippen LogP contribution >= 0.6 is 11.8 Å². The van der Waals surface area contributed by atoms with Crippen molar-refractivity contribution in [1.29, 1.82) is 0 Å². The van der Waals surface area contributed by atoms with Gasteiger partial charge in [-0.1, -0.05) is 19.9 Å². The van der Waals surface area contributed by atoms with Crippen LogP contribution in [0.15, 0.2) is 23.1 Å². The van der Waals surface area contributed by atoms with E-state index >= 15 is 0 Å². The van der Waals surface area contributed by atoms with Gasteiger partial charge in [0.2, 0.25) is 5.79 Å². The van der Waals surface area contributed by atoms with E-state index in [0.29, 0.717) is 18.4 Å². The van der Waals surface area contributed by atoms with Crippen molar-refractivity contribution in [3.63, 3.8) is 0 Å². The van der Waals surface area contributed by atoms with Gasteiger partial charge in [0, 0.05) is 29.4 Å². The van der Waals surface area contributed by atoms with Gasteiger partial charge in [0.1, 0.15) is 12.2 Å². The third kappa shape index (κ3) is 3.09. The summed E-state index contributed by atoms with van der Waals surface area (Å²) in [5.41, 5.74) is -1.07. The minimum Gasteiger partial charge on any atom is -0.459 e. The van der Waals surface area contributed by atoms with Gasteiger partial charge in [0.25, 0.3) is 0 Å². The van der Waals surface area contributed by atoms with E-state index in [2.05, 4.69) is 6.92 Å². The van der Waals surface area contributed by atoms with E-state index in [1.807, 2.05) is 13.2 Å². The average Bonchev–Trinajstić information content (AvgIpc) is 3.37. The molecule has 4 aliphatic rings. The molecule has 2 saturated carbocycles. The normalized spacial score (nSPS) is 44.9. The molecule has 7 nitrogen and oxygen atoms in total. The number of rotatable bonds is 5. The Morgan fingerprint density at radius 1 is 1.22 bits per heavy atom. The first-order chi connectivity index (χ1) is 15.1. The molecule has 0 aromatic carbocycles. The highest BCUT2D eigenvalue weighted by Gasteiger charge is 2.91. The highest BCUT2D eigenvalue weighted by Crippen LogP contribution is 2.74. The molecule has 8 atom stereocenters. The van der Waals surface area contributed by atoms with Crippen molar-refractivity contribution >= 4 is 29.7 Å². The number of carbonyl (C=O) groups excluding carboxylic acids is 3. The summed E-state index contributed by atoms with van der Waals surface area (Å²) < 4.78 is 23.9. The molecule has 4 fully saturated rings. The number of allylic oxidation sites excluding steroid dienone is 1. The second kappa shape index (κ2) is 7.90. The van der Waals surface area contributed by atoms with E-state index in [-0.39, 0.29) is 29.9 Å². The Kier molecular flexibility index (Phi) is 5.77. The van der Waals surface area contributed by atoms with Crippen LogP contribution in [0, 0.1) is 23.2 Å². The zero-order valence-corrected chi connectivity index (χ0v) is 20.3. The van der Waals surface area contributed by atoms with E-state index in [9.17, 15) is 14.4 Å². The quantitative estimate of drug-likeness (QED) is 0.263. The number of hydrogen-bond acceptors (Lipinski definition) is 8. The fraction of sp³-hybridized carbons (Fsp3) is 0.708. The SMILES string of the molecule is C/C=C(\C)C(=O)OC1C2(C)C(CCC(OC(=O)/C=C\SC)C2C)CC23OC(=O)C(C)C12O3. The van der Waals surface area contributed by atoms with Crippen molar-refractivity contribution in [1.82, 2.24) is 0 Å². The Hall–Kier alpha value is -1.80. The second-order valence-corrected chi connectivity index (χ2v) is 10.4. The lowest BCUT2D eigenvalue weighted by atomic mass is 9.50. The highest BCUT2D eigenvalue weighted by molar-refractivity contribution is 8.01. The van der Waals surface area contributed by atoms with E-state index in [1.54, 1.807) is 32.3 Å². The van der Waals surface area contributed by atoms with Gasteiger partial charge in [0.05, 0.1) is 5.92 Å². The van der Waals surface area contributed by atoms with Crippen molar-refractivity contribution in [2.24, 2.45) is 23.2 Å². The summed E-state index contributed by atoms with van der Waals surface area (Å²) in [6, 6.07) is 0. The smallest absolute Gasteiger partial charge is 0.333 e. The lowest BCUT2D eigenvalue weighted by Gasteiger charge is -2.56.